The van der Waals surface area contributed by atoms with Gasteiger partial charge >= 0.3 is 0 Å². The predicted octanol–water partition coefficient (Wildman–Crippen LogP) is 4.20. The second-order valence-electron chi connectivity index (χ2n) is 4.01. The minimum atomic E-state index is 0.507. The zero-order valence-electron chi connectivity index (χ0n) is 10.4. The molecule has 0 aromatic heterocycles. The van der Waals surface area contributed by atoms with Crippen LogP contribution in [0.4, 0.5) is 11.4 Å². The first kappa shape index (κ1) is 13.8. The highest BCUT2D eigenvalue weighted by atomic mass is 35.5. The molecule has 5 heteroatoms. The molecule has 0 heterocycles. The standard InChI is InChI=1S/C14H14Cl2N2O/c1-19-14-4-2-3-11(16)10(14)8-18-13-7-9(15)5-6-12(13)17/h2-7,18H,8,17H2,1H3. The van der Waals surface area contributed by atoms with E-state index in [1.165, 1.54) is 0 Å². The van der Waals surface area contributed by atoms with Gasteiger partial charge in [-0.2, -0.15) is 0 Å². The van der Waals surface area contributed by atoms with Crippen LogP contribution in [0.1, 0.15) is 5.56 Å². The maximum atomic E-state index is 6.17. The van der Waals surface area contributed by atoms with Crippen molar-refractivity contribution in [3.05, 3.63) is 52.0 Å². The van der Waals surface area contributed by atoms with Crippen LogP contribution in [0.25, 0.3) is 0 Å². The quantitative estimate of drug-likeness (QED) is 0.832. The largest absolute Gasteiger partial charge is 0.496 e. The van der Waals surface area contributed by atoms with Crippen molar-refractivity contribution in [1.82, 2.24) is 0 Å². The number of benzene rings is 2. The molecule has 0 radical (unpaired) electrons. The summed E-state index contributed by atoms with van der Waals surface area (Å²) in [6.07, 6.45) is 0. The van der Waals surface area contributed by atoms with Gasteiger partial charge in [-0.1, -0.05) is 29.3 Å². The van der Waals surface area contributed by atoms with Crippen molar-refractivity contribution >= 4 is 34.6 Å². The average Bonchev–Trinajstić information content (AvgIpc) is 2.40. The summed E-state index contributed by atoms with van der Waals surface area (Å²) in [6.45, 7) is 0.507. The second kappa shape index (κ2) is 6.04. The highest BCUT2D eigenvalue weighted by molar-refractivity contribution is 6.31. The Balaban J connectivity index is 2.21. The van der Waals surface area contributed by atoms with E-state index < -0.39 is 0 Å². The third-order valence-electron chi connectivity index (χ3n) is 2.77. The van der Waals surface area contributed by atoms with Crippen molar-refractivity contribution in [3.8, 4) is 5.75 Å². The monoisotopic (exact) mass is 296 g/mol. The van der Waals surface area contributed by atoms with E-state index in [9.17, 15) is 0 Å². The molecule has 0 atom stereocenters. The van der Waals surface area contributed by atoms with Crippen LogP contribution in [0, 0.1) is 0 Å². The molecule has 100 valence electrons. The molecular weight excluding hydrogens is 283 g/mol. The summed E-state index contributed by atoms with van der Waals surface area (Å²) in [5.41, 5.74) is 8.16. The molecule has 0 fully saturated rings. The molecule has 0 aliphatic carbocycles. The first-order chi connectivity index (χ1) is 9.11. The zero-order valence-corrected chi connectivity index (χ0v) is 11.9. The van der Waals surface area contributed by atoms with Crippen LogP contribution in [0.3, 0.4) is 0 Å². The summed E-state index contributed by atoms with van der Waals surface area (Å²) < 4.78 is 5.29. The van der Waals surface area contributed by atoms with Crippen LogP contribution in [-0.4, -0.2) is 7.11 Å². The minimum Gasteiger partial charge on any atom is -0.496 e. The van der Waals surface area contributed by atoms with Gasteiger partial charge < -0.3 is 15.8 Å². The van der Waals surface area contributed by atoms with Gasteiger partial charge in [0.15, 0.2) is 0 Å². The number of nitrogens with two attached hydrogens (primary N) is 1. The summed E-state index contributed by atoms with van der Waals surface area (Å²) in [4.78, 5) is 0. The van der Waals surface area contributed by atoms with Crippen LogP contribution in [-0.2, 0) is 6.54 Å². The number of hydrogen-bond acceptors (Lipinski definition) is 3. The van der Waals surface area contributed by atoms with Gasteiger partial charge in [0.25, 0.3) is 0 Å². The summed E-state index contributed by atoms with van der Waals surface area (Å²) >= 11 is 12.1. The summed E-state index contributed by atoms with van der Waals surface area (Å²) in [5.74, 6) is 0.737. The Kier molecular flexibility index (Phi) is 4.40. The fourth-order valence-electron chi connectivity index (χ4n) is 1.77. The van der Waals surface area contributed by atoms with Crippen molar-refractivity contribution in [2.75, 3.05) is 18.2 Å². The zero-order chi connectivity index (χ0) is 13.8. The summed E-state index contributed by atoms with van der Waals surface area (Å²) in [5, 5.41) is 4.49. The van der Waals surface area contributed by atoms with Crippen molar-refractivity contribution in [3.63, 3.8) is 0 Å². The van der Waals surface area contributed by atoms with E-state index in [4.69, 9.17) is 33.7 Å². The van der Waals surface area contributed by atoms with E-state index in [2.05, 4.69) is 5.32 Å². The van der Waals surface area contributed by atoms with Gasteiger partial charge in [0, 0.05) is 22.2 Å². The summed E-state index contributed by atoms with van der Waals surface area (Å²) in [6, 6.07) is 10.8. The van der Waals surface area contributed by atoms with Crippen molar-refractivity contribution in [2.45, 2.75) is 6.54 Å². The molecule has 2 aromatic carbocycles. The number of ether oxygens (including phenoxy) is 1. The fraction of sp³-hybridized carbons (Fsp3) is 0.143. The Morgan fingerprint density at radius 2 is 2.00 bits per heavy atom. The van der Waals surface area contributed by atoms with Gasteiger partial charge in [-0.25, -0.2) is 0 Å². The minimum absolute atomic E-state index is 0.507. The van der Waals surface area contributed by atoms with Crippen LogP contribution in [0.2, 0.25) is 10.0 Å². The lowest BCUT2D eigenvalue weighted by atomic mass is 10.2. The van der Waals surface area contributed by atoms with E-state index >= 15 is 0 Å². The third-order valence-corrected chi connectivity index (χ3v) is 3.36. The fourth-order valence-corrected chi connectivity index (χ4v) is 2.17. The molecule has 0 amide bonds. The maximum absolute atomic E-state index is 6.17. The molecule has 3 N–H and O–H groups in total. The number of rotatable bonds is 4. The number of nitrogen functional groups attached to an aromatic ring is 1. The van der Waals surface area contributed by atoms with Crippen molar-refractivity contribution < 1.29 is 4.74 Å². The smallest absolute Gasteiger partial charge is 0.125 e. The first-order valence-electron chi connectivity index (χ1n) is 5.72. The SMILES string of the molecule is COc1cccc(Cl)c1CNc1cc(Cl)ccc1N. The first-order valence-corrected chi connectivity index (χ1v) is 6.47. The molecule has 0 saturated heterocycles. The molecule has 2 rings (SSSR count). The Hall–Kier alpha value is -1.58. The average molecular weight is 297 g/mol. The third kappa shape index (κ3) is 3.25. The van der Waals surface area contributed by atoms with Gasteiger partial charge in [-0.15, -0.1) is 0 Å². The Morgan fingerprint density at radius 3 is 2.74 bits per heavy atom. The molecule has 0 aliphatic rings. The number of hydrogen-bond donors (Lipinski definition) is 2. The highest BCUT2D eigenvalue weighted by Gasteiger charge is 2.08. The van der Waals surface area contributed by atoms with E-state index in [1.54, 1.807) is 25.3 Å². The molecule has 19 heavy (non-hydrogen) atoms. The lowest BCUT2D eigenvalue weighted by Crippen LogP contribution is -2.04. The van der Waals surface area contributed by atoms with Gasteiger partial charge in [0.05, 0.1) is 18.5 Å². The van der Waals surface area contributed by atoms with Crippen LogP contribution in [0.5, 0.6) is 5.75 Å². The molecule has 0 saturated carbocycles. The number of methoxy groups -OCH3 is 1. The second-order valence-corrected chi connectivity index (χ2v) is 4.85. The van der Waals surface area contributed by atoms with Gasteiger partial charge in [0.2, 0.25) is 0 Å². The molecule has 0 bridgehead atoms. The van der Waals surface area contributed by atoms with E-state index in [1.807, 2.05) is 18.2 Å². The molecule has 3 nitrogen and oxygen atoms in total. The Labute approximate surface area is 122 Å². The number of anilines is 2. The molecule has 0 unspecified atom stereocenters. The van der Waals surface area contributed by atoms with Crippen LogP contribution >= 0.6 is 23.2 Å². The van der Waals surface area contributed by atoms with E-state index in [0.29, 0.717) is 22.3 Å². The Bertz CT molecular complexity index is 588. The molecule has 0 aliphatic heterocycles. The van der Waals surface area contributed by atoms with Gasteiger partial charge in [-0.05, 0) is 30.3 Å². The number of nitrogens with one attached hydrogen (secondary N) is 1. The predicted molar refractivity (Wildman–Crippen MR) is 81.2 cm³/mol. The van der Waals surface area contributed by atoms with E-state index in [-0.39, 0.29) is 0 Å². The highest BCUT2D eigenvalue weighted by Crippen LogP contribution is 2.29. The van der Waals surface area contributed by atoms with Crippen LogP contribution < -0.4 is 15.8 Å². The molecular formula is C14H14Cl2N2O. The maximum Gasteiger partial charge on any atom is 0.125 e. The topological polar surface area (TPSA) is 47.3 Å². The normalized spacial score (nSPS) is 10.3. The number of halogens is 2. The molecule has 2 aromatic rings. The summed E-state index contributed by atoms with van der Waals surface area (Å²) in [7, 11) is 1.61. The lowest BCUT2D eigenvalue weighted by molar-refractivity contribution is 0.410. The van der Waals surface area contributed by atoms with Crippen LogP contribution in [0.15, 0.2) is 36.4 Å². The lowest BCUT2D eigenvalue weighted by Gasteiger charge is -2.13. The molecule has 0 spiro atoms. The van der Waals surface area contributed by atoms with E-state index in [0.717, 1.165) is 17.0 Å². The van der Waals surface area contributed by atoms with Crippen molar-refractivity contribution in [1.29, 1.82) is 0 Å². The van der Waals surface area contributed by atoms with Crippen molar-refractivity contribution in [2.24, 2.45) is 0 Å². The Morgan fingerprint density at radius 1 is 1.21 bits per heavy atom. The van der Waals surface area contributed by atoms with Gasteiger partial charge in [0.1, 0.15) is 5.75 Å². The van der Waals surface area contributed by atoms with Gasteiger partial charge in [-0.3, -0.25) is 0 Å².